The second-order valence-electron chi connectivity index (χ2n) is 3.97. The fourth-order valence-corrected chi connectivity index (χ4v) is 1.90. The molecule has 1 aromatic heterocycles. The van der Waals surface area contributed by atoms with Gasteiger partial charge in [0.2, 0.25) is 0 Å². The fourth-order valence-electron chi connectivity index (χ4n) is 1.90. The molecule has 1 unspecified atom stereocenters. The van der Waals surface area contributed by atoms with Crippen LogP contribution >= 0.6 is 0 Å². The zero-order valence-corrected chi connectivity index (χ0v) is 8.68. The van der Waals surface area contributed by atoms with Crippen LogP contribution in [-0.2, 0) is 0 Å². The van der Waals surface area contributed by atoms with E-state index in [9.17, 15) is 4.79 Å². The van der Waals surface area contributed by atoms with Crippen molar-refractivity contribution < 1.29 is 9.90 Å². The van der Waals surface area contributed by atoms with Crippen LogP contribution < -0.4 is 0 Å². The zero-order chi connectivity index (χ0) is 10.8. The van der Waals surface area contributed by atoms with Gasteiger partial charge in [-0.3, -0.25) is 4.98 Å². The molecule has 1 aliphatic heterocycles. The van der Waals surface area contributed by atoms with Crippen LogP contribution in [0.2, 0.25) is 0 Å². The van der Waals surface area contributed by atoms with Gasteiger partial charge >= 0.3 is 6.09 Å². The highest BCUT2D eigenvalue weighted by atomic mass is 16.4. The smallest absolute Gasteiger partial charge is 0.407 e. The van der Waals surface area contributed by atoms with Crippen molar-refractivity contribution in [1.29, 1.82) is 0 Å². The van der Waals surface area contributed by atoms with E-state index in [2.05, 4.69) is 4.98 Å². The van der Waals surface area contributed by atoms with E-state index in [0.717, 1.165) is 17.7 Å². The van der Waals surface area contributed by atoms with E-state index < -0.39 is 6.09 Å². The highest BCUT2D eigenvalue weighted by Gasteiger charge is 2.27. The standard InChI is InChI=1S/C11H14N2O2/c1-8-2-3-10(12-6-8)9-4-5-13(7-9)11(14)15/h2-3,6,9H,4-5,7H2,1H3,(H,14,15). The average molecular weight is 206 g/mol. The highest BCUT2D eigenvalue weighted by molar-refractivity contribution is 5.65. The lowest BCUT2D eigenvalue weighted by molar-refractivity contribution is 0.155. The molecule has 1 aliphatic rings. The third-order valence-corrected chi connectivity index (χ3v) is 2.81. The van der Waals surface area contributed by atoms with Gasteiger partial charge in [0, 0.05) is 30.9 Å². The SMILES string of the molecule is Cc1ccc(C2CCN(C(=O)O)C2)nc1. The lowest BCUT2D eigenvalue weighted by Crippen LogP contribution is -2.26. The second kappa shape index (κ2) is 3.88. The summed E-state index contributed by atoms with van der Waals surface area (Å²) in [5, 5.41) is 8.83. The summed E-state index contributed by atoms with van der Waals surface area (Å²) in [6, 6.07) is 4.01. The fraction of sp³-hybridized carbons (Fsp3) is 0.455. The van der Waals surface area contributed by atoms with Crippen molar-refractivity contribution >= 4 is 6.09 Å². The van der Waals surface area contributed by atoms with Crippen LogP contribution in [0.25, 0.3) is 0 Å². The van der Waals surface area contributed by atoms with E-state index in [-0.39, 0.29) is 5.92 Å². The number of pyridine rings is 1. The number of carboxylic acid groups (broad SMARTS) is 1. The Balaban J connectivity index is 2.07. The van der Waals surface area contributed by atoms with Crippen LogP contribution in [0.5, 0.6) is 0 Å². The van der Waals surface area contributed by atoms with Crippen LogP contribution in [-0.4, -0.2) is 34.2 Å². The molecule has 2 rings (SSSR count). The molecule has 1 N–H and O–H groups in total. The Hall–Kier alpha value is -1.58. The van der Waals surface area contributed by atoms with Crippen LogP contribution in [0.3, 0.4) is 0 Å². The maximum Gasteiger partial charge on any atom is 0.407 e. The minimum atomic E-state index is -0.829. The van der Waals surface area contributed by atoms with E-state index >= 15 is 0 Å². The summed E-state index contributed by atoms with van der Waals surface area (Å²) in [6.07, 6.45) is 1.88. The Morgan fingerprint density at radius 2 is 2.40 bits per heavy atom. The van der Waals surface area contributed by atoms with Crippen LogP contribution in [0, 0.1) is 6.92 Å². The first-order valence-corrected chi connectivity index (χ1v) is 5.07. The molecule has 0 bridgehead atoms. The molecule has 4 nitrogen and oxygen atoms in total. The van der Waals surface area contributed by atoms with Gasteiger partial charge in [-0.05, 0) is 25.0 Å². The summed E-state index contributed by atoms with van der Waals surface area (Å²) < 4.78 is 0. The number of carbonyl (C=O) groups is 1. The first-order chi connectivity index (χ1) is 7.16. The zero-order valence-electron chi connectivity index (χ0n) is 8.68. The molecule has 1 amide bonds. The van der Waals surface area contributed by atoms with Gasteiger partial charge in [0.25, 0.3) is 0 Å². The molecule has 15 heavy (non-hydrogen) atoms. The number of hydrogen-bond donors (Lipinski definition) is 1. The predicted octanol–water partition coefficient (Wildman–Crippen LogP) is 1.86. The third-order valence-electron chi connectivity index (χ3n) is 2.81. The molecule has 0 spiro atoms. The van der Waals surface area contributed by atoms with Crippen molar-refractivity contribution in [1.82, 2.24) is 9.88 Å². The highest BCUT2D eigenvalue weighted by Crippen LogP contribution is 2.25. The summed E-state index contributed by atoms with van der Waals surface area (Å²) >= 11 is 0. The van der Waals surface area contributed by atoms with Crippen molar-refractivity contribution in [2.45, 2.75) is 19.3 Å². The Bertz CT molecular complexity index is 361. The first kappa shape index (κ1) is 9.96. The van der Waals surface area contributed by atoms with Gasteiger partial charge in [0.1, 0.15) is 0 Å². The summed E-state index contributed by atoms with van der Waals surface area (Å²) in [5.74, 6) is 0.265. The van der Waals surface area contributed by atoms with Gasteiger partial charge in [0.05, 0.1) is 0 Å². The molecule has 2 heterocycles. The quantitative estimate of drug-likeness (QED) is 0.763. The Kier molecular flexibility index (Phi) is 2.58. The Labute approximate surface area is 88.6 Å². The molecule has 1 fully saturated rings. The van der Waals surface area contributed by atoms with E-state index in [1.54, 1.807) is 0 Å². The van der Waals surface area contributed by atoms with Crippen molar-refractivity contribution in [3.8, 4) is 0 Å². The van der Waals surface area contributed by atoms with E-state index in [1.165, 1.54) is 4.90 Å². The molecule has 1 atom stereocenters. The van der Waals surface area contributed by atoms with Gasteiger partial charge in [0.15, 0.2) is 0 Å². The predicted molar refractivity (Wildman–Crippen MR) is 55.9 cm³/mol. The molecule has 1 saturated heterocycles. The minimum absolute atomic E-state index is 0.265. The molecule has 0 radical (unpaired) electrons. The van der Waals surface area contributed by atoms with E-state index in [4.69, 9.17) is 5.11 Å². The molecule has 80 valence electrons. The van der Waals surface area contributed by atoms with E-state index in [1.807, 2.05) is 25.3 Å². The molecular formula is C11H14N2O2. The summed E-state index contributed by atoms with van der Waals surface area (Å²) in [4.78, 5) is 16.5. The Morgan fingerprint density at radius 3 is 2.93 bits per heavy atom. The molecule has 4 heteroatoms. The normalized spacial score (nSPS) is 20.6. The van der Waals surface area contributed by atoms with Crippen molar-refractivity contribution in [3.63, 3.8) is 0 Å². The largest absolute Gasteiger partial charge is 0.465 e. The number of nitrogens with zero attached hydrogens (tertiary/aromatic N) is 2. The monoisotopic (exact) mass is 206 g/mol. The van der Waals surface area contributed by atoms with Crippen molar-refractivity contribution in [2.24, 2.45) is 0 Å². The number of likely N-dealkylation sites (tertiary alicyclic amines) is 1. The van der Waals surface area contributed by atoms with Crippen LogP contribution in [0.15, 0.2) is 18.3 Å². The van der Waals surface area contributed by atoms with Crippen molar-refractivity contribution in [3.05, 3.63) is 29.6 Å². The number of amides is 1. The van der Waals surface area contributed by atoms with Gasteiger partial charge in [-0.15, -0.1) is 0 Å². The second-order valence-corrected chi connectivity index (χ2v) is 3.97. The molecule has 0 aromatic carbocycles. The van der Waals surface area contributed by atoms with Gasteiger partial charge in [-0.1, -0.05) is 6.07 Å². The maximum atomic E-state index is 10.7. The lowest BCUT2D eigenvalue weighted by Gasteiger charge is -2.11. The molecule has 1 aromatic rings. The number of hydrogen-bond acceptors (Lipinski definition) is 2. The number of aromatic nitrogens is 1. The molecular weight excluding hydrogens is 192 g/mol. The molecule has 0 aliphatic carbocycles. The molecule has 0 saturated carbocycles. The van der Waals surface area contributed by atoms with E-state index in [0.29, 0.717) is 13.1 Å². The average Bonchev–Trinajstić information content (AvgIpc) is 2.68. The first-order valence-electron chi connectivity index (χ1n) is 5.07. The third kappa shape index (κ3) is 2.09. The van der Waals surface area contributed by atoms with Crippen molar-refractivity contribution in [2.75, 3.05) is 13.1 Å². The van der Waals surface area contributed by atoms with Gasteiger partial charge in [-0.2, -0.15) is 0 Å². The van der Waals surface area contributed by atoms with Crippen LogP contribution in [0.1, 0.15) is 23.6 Å². The Morgan fingerprint density at radius 1 is 1.60 bits per heavy atom. The van der Waals surface area contributed by atoms with Crippen LogP contribution in [0.4, 0.5) is 4.79 Å². The summed E-state index contributed by atoms with van der Waals surface area (Å²) in [6.45, 7) is 3.19. The minimum Gasteiger partial charge on any atom is -0.465 e. The maximum absolute atomic E-state index is 10.7. The number of rotatable bonds is 1. The lowest BCUT2D eigenvalue weighted by atomic mass is 10.0. The van der Waals surface area contributed by atoms with Gasteiger partial charge < -0.3 is 10.0 Å². The summed E-state index contributed by atoms with van der Waals surface area (Å²) in [7, 11) is 0. The topological polar surface area (TPSA) is 53.4 Å². The van der Waals surface area contributed by atoms with Gasteiger partial charge in [-0.25, -0.2) is 4.79 Å². The summed E-state index contributed by atoms with van der Waals surface area (Å²) in [5.41, 5.74) is 2.14. The number of aryl methyl sites for hydroxylation is 1.